The number of rotatable bonds is 4. The van der Waals surface area contributed by atoms with Crippen LogP contribution in [0.4, 0.5) is 0 Å². The molecule has 1 spiro atoms. The molecule has 7 nitrogen and oxygen atoms in total. The van der Waals surface area contributed by atoms with Crippen molar-refractivity contribution in [3.8, 4) is 11.5 Å². The maximum Gasteiger partial charge on any atom is 0.348 e. The van der Waals surface area contributed by atoms with Crippen LogP contribution in [-0.4, -0.2) is 54.9 Å². The van der Waals surface area contributed by atoms with Crippen LogP contribution in [0.15, 0.2) is 12.1 Å². The number of amides is 1. The lowest BCUT2D eigenvalue weighted by molar-refractivity contribution is -0.198. The van der Waals surface area contributed by atoms with Crippen molar-refractivity contribution in [2.75, 3.05) is 27.4 Å². The zero-order valence-corrected chi connectivity index (χ0v) is 17.3. The summed E-state index contributed by atoms with van der Waals surface area (Å²) in [5.74, 6) is -0.0866. The lowest BCUT2D eigenvalue weighted by Gasteiger charge is -2.59. The number of carbonyl (C=O) groups excluding carboxylic acids is 2. The second-order valence-corrected chi connectivity index (χ2v) is 8.22. The van der Waals surface area contributed by atoms with Crippen LogP contribution < -0.4 is 9.47 Å². The first-order chi connectivity index (χ1) is 13.9. The van der Waals surface area contributed by atoms with E-state index in [1.165, 1.54) is 0 Å². The lowest BCUT2D eigenvalue weighted by Crippen LogP contribution is -2.70. The third-order valence-electron chi connectivity index (χ3n) is 6.95. The van der Waals surface area contributed by atoms with Crippen LogP contribution in [0.3, 0.4) is 0 Å². The van der Waals surface area contributed by atoms with Gasteiger partial charge in [-0.2, -0.15) is 0 Å². The molecule has 1 N–H and O–H groups in total. The first-order valence-electron chi connectivity index (χ1n) is 10.4. The number of methoxy groups -OCH3 is 2. The fourth-order valence-electron chi connectivity index (χ4n) is 5.69. The highest BCUT2D eigenvalue weighted by Crippen LogP contribution is 2.56. The van der Waals surface area contributed by atoms with Crippen LogP contribution in [0.1, 0.15) is 50.2 Å². The first-order valence-corrected chi connectivity index (χ1v) is 10.4. The molecule has 0 radical (unpaired) electrons. The van der Waals surface area contributed by atoms with Crippen LogP contribution in [-0.2, 0) is 26.3 Å². The van der Waals surface area contributed by atoms with Crippen LogP contribution >= 0.6 is 0 Å². The minimum Gasteiger partial charge on any atom is -0.493 e. The fourth-order valence-corrected chi connectivity index (χ4v) is 5.69. The lowest BCUT2D eigenvalue weighted by atomic mass is 9.59. The molecular formula is C22H29NO6. The predicted molar refractivity (Wildman–Crippen MR) is 105 cm³/mol. The van der Waals surface area contributed by atoms with E-state index >= 15 is 0 Å². The van der Waals surface area contributed by atoms with Gasteiger partial charge in [0.05, 0.1) is 26.4 Å². The van der Waals surface area contributed by atoms with Crippen molar-refractivity contribution in [2.24, 2.45) is 5.92 Å². The summed E-state index contributed by atoms with van der Waals surface area (Å²) in [4.78, 5) is 27.8. The minimum absolute atomic E-state index is 0.0273. The first kappa shape index (κ1) is 20.0. The molecule has 3 atom stereocenters. The molecule has 2 fully saturated rings. The molecular weight excluding hydrogens is 374 g/mol. The predicted octanol–water partition coefficient (Wildman–Crippen LogP) is 2.17. The highest BCUT2D eigenvalue weighted by Gasteiger charge is 2.64. The Morgan fingerprint density at radius 3 is 2.66 bits per heavy atom. The number of aliphatic hydroxyl groups is 1. The second-order valence-electron chi connectivity index (χ2n) is 8.22. The van der Waals surface area contributed by atoms with Gasteiger partial charge < -0.3 is 24.2 Å². The number of carbonyl (C=O) groups is 2. The molecule has 7 heteroatoms. The van der Waals surface area contributed by atoms with E-state index in [2.05, 4.69) is 0 Å². The molecule has 1 amide bonds. The van der Waals surface area contributed by atoms with E-state index in [1.54, 1.807) is 26.0 Å². The van der Waals surface area contributed by atoms with E-state index in [4.69, 9.17) is 14.2 Å². The van der Waals surface area contributed by atoms with Gasteiger partial charge in [0.15, 0.2) is 11.5 Å². The van der Waals surface area contributed by atoms with E-state index in [1.807, 2.05) is 12.1 Å². The van der Waals surface area contributed by atoms with Gasteiger partial charge in [0, 0.05) is 13.0 Å². The number of fused-ring (bicyclic) bond motifs is 1. The summed E-state index contributed by atoms with van der Waals surface area (Å²) in [5, 5.41) is 11.1. The second kappa shape index (κ2) is 7.20. The van der Waals surface area contributed by atoms with Gasteiger partial charge in [-0.05, 0) is 55.4 Å². The van der Waals surface area contributed by atoms with Gasteiger partial charge in [-0.15, -0.1) is 0 Å². The molecule has 1 saturated carbocycles. The molecule has 3 aliphatic rings. The number of hydrogen-bond acceptors (Lipinski definition) is 6. The molecule has 29 heavy (non-hydrogen) atoms. The molecule has 0 aromatic heterocycles. The normalized spacial score (nSPS) is 30.7. The molecule has 1 aliphatic carbocycles. The smallest absolute Gasteiger partial charge is 0.348 e. The fraction of sp³-hybridized carbons (Fsp3) is 0.636. The zero-order chi connectivity index (χ0) is 20.8. The van der Waals surface area contributed by atoms with Gasteiger partial charge in [0.25, 0.3) is 5.91 Å². The Balaban J connectivity index is 1.86. The third kappa shape index (κ3) is 2.74. The molecule has 2 heterocycles. The molecule has 1 aromatic rings. The zero-order valence-electron chi connectivity index (χ0n) is 17.3. The van der Waals surface area contributed by atoms with E-state index in [9.17, 15) is 14.7 Å². The highest BCUT2D eigenvalue weighted by molar-refractivity contribution is 6.07. The molecule has 2 aliphatic heterocycles. The minimum atomic E-state index is -2.10. The summed E-state index contributed by atoms with van der Waals surface area (Å²) in [7, 11) is 3.22. The van der Waals surface area contributed by atoms with Crippen molar-refractivity contribution in [1.29, 1.82) is 0 Å². The van der Waals surface area contributed by atoms with E-state index in [-0.39, 0.29) is 18.9 Å². The number of benzene rings is 1. The molecule has 4 rings (SSSR count). The highest BCUT2D eigenvalue weighted by atomic mass is 16.6. The summed E-state index contributed by atoms with van der Waals surface area (Å²) in [5.41, 5.74) is -0.429. The summed E-state index contributed by atoms with van der Waals surface area (Å²) in [6, 6.07) is 3.99. The summed E-state index contributed by atoms with van der Waals surface area (Å²) in [6.07, 6.45) is 4.38. The average Bonchev–Trinajstić information content (AvgIpc) is 2.73. The molecule has 1 aromatic carbocycles. The number of ether oxygens (including phenoxy) is 3. The van der Waals surface area contributed by atoms with Crippen molar-refractivity contribution in [2.45, 2.75) is 56.6 Å². The van der Waals surface area contributed by atoms with Gasteiger partial charge in [-0.3, -0.25) is 4.79 Å². The monoisotopic (exact) mass is 403 g/mol. The average molecular weight is 403 g/mol. The Morgan fingerprint density at radius 2 is 1.97 bits per heavy atom. The van der Waals surface area contributed by atoms with Gasteiger partial charge in [0.2, 0.25) is 5.60 Å². The summed E-state index contributed by atoms with van der Waals surface area (Å²) < 4.78 is 16.1. The molecule has 1 saturated heterocycles. The van der Waals surface area contributed by atoms with Gasteiger partial charge in [-0.1, -0.05) is 12.8 Å². The van der Waals surface area contributed by atoms with Crippen molar-refractivity contribution >= 4 is 11.9 Å². The Kier molecular flexibility index (Phi) is 4.97. The van der Waals surface area contributed by atoms with Crippen molar-refractivity contribution in [3.05, 3.63) is 23.3 Å². The number of nitrogens with zero attached hydrogens (tertiary/aromatic N) is 1. The molecule has 0 unspecified atom stereocenters. The SMILES string of the molecule is CCOC(=O)[C@]1(O)C[C@H]2CCCC[C@]23c2cc(OC)c(OC)cc2CCN3C1=O. The Morgan fingerprint density at radius 1 is 1.24 bits per heavy atom. The van der Waals surface area contributed by atoms with E-state index in [0.29, 0.717) is 24.5 Å². The topological polar surface area (TPSA) is 85.3 Å². The van der Waals surface area contributed by atoms with Gasteiger partial charge >= 0.3 is 5.97 Å². The van der Waals surface area contributed by atoms with Crippen molar-refractivity contribution < 1.29 is 28.9 Å². The van der Waals surface area contributed by atoms with Crippen LogP contribution in [0, 0.1) is 5.92 Å². The van der Waals surface area contributed by atoms with Crippen LogP contribution in [0.5, 0.6) is 11.5 Å². The van der Waals surface area contributed by atoms with Crippen LogP contribution in [0.2, 0.25) is 0 Å². The molecule has 158 valence electrons. The van der Waals surface area contributed by atoms with Crippen LogP contribution in [0.25, 0.3) is 0 Å². The summed E-state index contributed by atoms with van der Waals surface area (Å²) in [6.45, 7) is 2.26. The van der Waals surface area contributed by atoms with Gasteiger partial charge in [-0.25, -0.2) is 4.79 Å². The van der Waals surface area contributed by atoms with Gasteiger partial charge in [0.1, 0.15) is 0 Å². The Bertz CT molecular complexity index is 839. The van der Waals surface area contributed by atoms with Crippen molar-refractivity contribution in [1.82, 2.24) is 4.90 Å². The van der Waals surface area contributed by atoms with E-state index < -0.39 is 23.0 Å². The number of hydrogen-bond donors (Lipinski definition) is 1. The maximum absolute atomic E-state index is 13.5. The van der Waals surface area contributed by atoms with E-state index in [0.717, 1.165) is 36.8 Å². The largest absolute Gasteiger partial charge is 0.493 e. The molecule has 0 bridgehead atoms. The maximum atomic E-state index is 13.5. The summed E-state index contributed by atoms with van der Waals surface area (Å²) >= 11 is 0. The Hall–Kier alpha value is -2.28. The Labute approximate surface area is 170 Å². The number of piperidine rings is 1. The van der Waals surface area contributed by atoms with Crippen molar-refractivity contribution in [3.63, 3.8) is 0 Å². The number of esters is 1. The quantitative estimate of drug-likeness (QED) is 0.613. The third-order valence-corrected chi connectivity index (χ3v) is 6.95. The standard InChI is InChI=1S/C22H29NO6/c1-4-29-20(25)22(26)13-15-7-5-6-9-21(15)16-12-18(28-3)17(27-2)11-14(16)8-10-23(21)19(22)24/h11-12,15,26H,4-10,13H2,1-3H3/t15-,21-,22+/m1/s1.